The molecular formula is C19H29IN4O. The number of halogens is 1. The second-order valence-corrected chi connectivity index (χ2v) is 6.83. The van der Waals surface area contributed by atoms with E-state index in [0.717, 1.165) is 31.9 Å². The first-order valence-corrected chi connectivity index (χ1v) is 9.09. The highest BCUT2D eigenvalue weighted by atomic mass is 127. The number of carbonyl (C=O) groups excluding carboxylic acids is 1. The molecule has 6 heteroatoms. The van der Waals surface area contributed by atoms with Gasteiger partial charge in [-0.1, -0.05) is 30.3 Å². The summed E-state index contributed by atoms with van der Waals surface area (Å²) in [6, 6.07) is 10.7. The van der Waals surface area contributed by atoms with Crippen molar-refractivity contribution in [1.82, 2.24) is 16.0 Å². The predicted molar refractivity (Wildman–Crippen MR) is 112 cm³/mol. The van der Waals surface area contributed by atoms with Gasteiger partial charge in [0.25, 0.3) is 0 Å². The van der Waals surface area contributed by atoms with Crippen molar-refractivity contribution in [2.45, 2.75) is 38.0 Å². The Balaban J connectivity index is 0.00000225. The summed E-state index contributed by atoms with van der Waals surface area (Å²) in [5, 5.41) is 9.56. The van der Waals surface area contributed by atoms with Crippen LogP contribution in [0.3, 0.4) is 0 Å². The maximum Gasteiger partial charge on any atom is 0.223 e. The Labute approximate surface area is 167 Å². The Bertz CT molecular complexity index is 582. The topological polar surface area (TPSA) is 65.5 Å². The zero-order valence-corrected chi connectivity index (χ0v) is 17.2. The van der Waals surface area contributed by atoms with Crippen molar-refractivity contribution in [2.75, 3.05) is 26.2 Å². The zero-order valence-electron chi connectivity index (χ0n) is 14.9. The number of hydrogen-bond donors (Lipinski definition) is 3. The SMILES string of the molecule is CCNC(=NCC1(c2ccccc2)CC1)NCCNC(=O)C1CC1.I. The van der Waals surface area contributed by atoms with Crippen molar-refractivity contribution >= 4 is 35.8 Å². The van der Waals surface area contributed by atoms with Crippen LogP contribution in [-0.2, 0) is 10.2 Å². The third-order valence-electron chi connectivity index (χ3n) is 4.79. The fourth-order valence-electron chi connectivity index (χ4n) is 2.91. The Kier molecular flexibility index (Phi) is 7.53. The van der Waals surface area contributed by atoms with Gasteiger partial charge in [-0.3, -0.25) is 9.79 Å². The molecule has 0 bridgehead atoms. The average Bonchev–Trinajstić information content (AvgIpc) is 3.50. The van der Waals surface area contributed by atoms with Crippen LogP contribution >= 0.6 is 24.0 Å². The lowest BCUT2D eigenvalue weighted by molar-refractivity contribution is -0.122. The van der Waals surface area contributed by atoms with Gasteiger partial charge >= 0.3 is 0 Å². The number of benzene rings is 1. The van der Waals surface area contributed by atoms with Crippen LogP contribution in [0, 0.1) is 5.92 Å². The van der Waals surface area contributed by atoms with Crippen LogP contribution in [-0.4, -0.2) is 38.0 Å². The number of amides is 1. The minimum absolute atomic E-state index is 0. The maximum atomic E-state index is 11.6. The van der Waals surface area contributed by atoms with Crippen molar-refractivity contribution in [1.29, 1.82) is 0 Å². The van der Waals surface area contributed by atoms with Crippen LogP contribution in [0.2, 0.25) is 0 Å². The molecule has 0 unspecified atom stereocenters. The van der Waals surface area contributed by atoms with Crippen LogP contribution < -0.4 is 16.0 Å². The van der Waals surface area contributed by atoms with E-state index in [2.05, 4.69) is 53.2 Å². The van der Waals surface area contributed by atoms with E-state index in [1.807, 2.05) is 0 Å². The van der Waals surface area contributed by atoms with Crippen LogP contribution in [0.15, 0.2) is 35.3 Å². The lowest BCUT2D eigenvalue weighted by atomic mass is 9.96. The van der Waals surface area contributed by atoms with Gasteiger partial charge < -0.3 is 16.0 Å². The molecule has 5 nitrogen and oxygen atoms in total. The van der Waals surface area contributed by atoms with E-state index in [9.17, 15) is 4.79 Å². The lowest BCUT2D eigenvalue weighted by Gasteiger charge is -2.16. The average molecular weight is 456 g/mol. The zero-order chi connectivity index (χ0) is 16.8. The van der Waals surface area contributed by atoms with Gasteiger partial charge in [-0.2, -0.15) is 0 Å². The minimum atomic E-state index is 0. The van der Waals surface area contributed by atoms with E-state index >= 15 is 0 Å². The van der Waals surface area contributed by atoms with Gasteiger partial charge in [0.2, 0.25) is 5.91 Å². The number of aliphatic imine (C=N–C) groups is 1. The molecule has 2 fully saturated rings. The first kappa shape index (κ1) is 20.0. The minimum Gasteiger partial charge on any atom is -0.357 e. The summed E-state index contributed by atoms with van der Waals surface area (Å²) in [5.41, 5.74) is 1.62. The van der Waals surface area contributed by atoms with Gasteiger partial charge in [0.1, 0.15) is 0 Å². The van der Waals surface area contributed by atoms with Crippen molar-refractivity contribution < 1.29 is 4.79 Å². The molecule has 2 aliphatic rings. The first-order valence-electron chi connectivity index (χ1n) is 9.09. The van der Waals surface area contributed by atoms with E-state index in [4.69, 9.17) is 4.99 Å². The van der Waals surface area contributed by atoms with E-state index in [-0.39, 0.29) is 41.2 Å². The van der Waals surface area contributed by atoms with Gasteiger partial charge in [-0.05, 0) is 38.2 Å². The van der Waals surface area contributed by atoms with Crippen molar-refractivity contribution in [3.8, 4) is 0 Å². The number of rotatable bonds is 8. The molecule has 138 valence electrons. The molecule has 0 heterocycles. The monoisotopic (exact) mass is 456 g/mol. The van der Waals surface area contributed by atoms with Gasteiger partial charge in [-0.15, -0.1) is 24.0 Å². The quantitative estimate of drug-likeness (QED) is 0.244. The number of carbonyl (C=O) groups is 1. The molecule has 1 aromatic rings. The van der Waals surface area contributed by atoms with Crippen LogP contribution in [0.1, 0.15) is 38.2 Å². The Hall–Kier alpha value is -1.31. The molecule has 0 saturated heterocycles. The molecule has 0 atom stereocenters. The number of nitrogens with one attached hydrogen (secondary N) is 3. The second kappa shape index (κ2) is 9.40. The summed E-state index contributed by atoms with van der Waals surface area (Å²) in [6.45, 7) is 5.04. The van der Waals surface area contributed by atoms with Crippen molar-refractivity contribution in [3.63, 3.8) is 0 Å². The van der Waals surface area contributed by atoms with Crippen LogP contribution in [0.4, 0.5) is 0 Å². The van der Waals surface area contributed by atoms with E-state index < -0.39 is 0 Å². The highest BCUT2D eigenvalue weighted by Crippen LogP contribution is 2.48. The highest BCUT2D eigenvalue weighted by Gasteiger charge is 2.43. The van der Waals surface area contributed by atoms with Crippen molar-refractivity contribution in [2.24, 2.45) is 10.9 Å². The third-order valence-corrected chi connectivity index (χ3v) is 4.79. The summed E-state index contributed by atoms with van der Waals surface area (Å²) in [7, 11) is 0. The van der Waals surface area contributed by atoms with Gasteiger partial charge in [0.15, 0.2) is 5.96 Å². The molecule has 3 rings (SSSR count). The molecule has 0 spiro atoms. The van der Waals surface area contributed by atoms with E-state index in [1.165, 1.54) is 18.4 Å². The smallest absolute Gasteiger partial charge is 0.223 e. The lowest BCUT2D eigenvalue weighted by Crippen LogP contribution is -2.42. The van der Waals surface area contributed by atoms with Gasteiger partial charge in [-0.25, -0.2) is 0 Å². The molecule has 0 aliphatic heterocycles. The Morgan fingerprint density at radius 3 is 2.40 bits per heavy atom. The summed E-state index contributed by atoms with van der Waals surface area (Å²) < 4.78 is 0. The van der Waals surface area contributed by atoms with Gasteiger partial charge in [0.05, 0.1) is 6.54 Å². The fraction of sp³-hybridized carbons (Fsp3) is 0.579. The van der Waals surface area contributed by atoms with Crippen LogP contribution in [0.25, 0.3) is 0 Å². The fourth-order valence-corrected chi connectivity index (χ4v) is 2.91. The molecule has 2 aliphatic carbocycles. The Morgan fingerprint density at radius 2 is 1.80 bits per heavy atom. The summed E-state index contributed by atoms with van der Waals surface area (Å²) in [4.78, 5) is 16.4. The normalized spacial score (nSPS) is 18.0. The highest BCUT2D eigenvalue weighted by molar-refractivity contribution is 14.0. The summed E-state index contributed by atoms with van der Waals surface area (Å²) in [6.07, 6.45) is 4.50. The molecule has 25 heavy (non-hydrogen) atoms. The molecule has 1 amide bonds. The first-order chi connectivity index (χ1) is 11.7. The molecule has 2 saturated carbocycles. The maximum absolute atomic E-state index is 11.6. The summed E-state index contributed by atoms with van der Waals surface area (Å²) >= 11 is 0. The van der Waals surface area contributed by atoms with Gasteiger partial charge in [0, 0.05) is 31.0 Å². The largest absolute Gasteiger partial charge is 0.357 e. The molecule has 1 aromatic carbocycles. The molecule has 3 N–H and O–H groups in total. The molecular weight excluding hydrogens is 427 g/mol. The number of nitrogens with zero attached hydrogens (tertiary/aromatic N) is 1. The molecule has 0 aromatic heterocycles. The molecule has 0 radical (unpaired) electrons. The standard InChI is InChI=1S/C19H28N4O.HI/c1-2-20-18(22-13-12-21-17(24)15-8-9-15)23-14-19(10-11-19)16-6-4-3-5-7-16;/h3-7,15H,2,8-14H2,1H3,(H,21,24)(H2,20,22,23);1H. The summed E-state index contributed by atoms with van der Waals surface area (Å²) in [5.74, 6) is 1.30. The number of hydrogen-bond acceptors (Lipinski definition) is 2. The third kappa shape index (κ3) is 5.87. The van der Waals surface area contributed by atoms with Crippen LogP contribution in [0.5, 0.6) is 0 Å². The second-order valence-electron chi connectivity index (χ2n) is 6.83. The number of guanidine groups is 1. The predicted octanol–water partition coefficient (Wildman–Crippen LogP) is 2.42. The van der Waals surface area contributed by atoms with E-state index in [1.54, 1.807) is 0 Å². The Morgan fingerprint density at radius 1 is 1.12 bits per heavy atom. The van der Waals surface area contributed by atoms with Crippen molar-refractivity contribution in [3.05, 3.63) is 35.9 Å². The van der Waals surface area contributed by atoms with E-state index in [0.29, 0.717) is 13.1 Å².